The number of aryl methyl sites for hydroxylation is 1. The SMILES string of the molecule is N#CCCCc1ccc2c(c1)[C@@H]1C[C@H]2OCC=CCCCCC(=O)N[C@@H](Cc2cc(F)cc(F)c2)[C@H](O)CN1. The molecule has 0 saturated heterocycles. The zero-order chi connectivity index (χ0) is 27.6. The standard InChI is InChI=1S/C31H37F2N3O3/c32-23-14-22(15-24(33)18-23)17-28-29(37)20-35-27-19-30(39-13-7-3-1-2-4-9-31(38)36-28)25-11-10-21(16-26(25)27)8-5-6-12-34/h3,7,10-11,14-16,18,27-30,35,37H,1-2,4-6,8-9,13,17,19-20H2,(H,36,38)/t27-,28-,29+,30+/m0/s1. The Morgan fingerprint density at radius 2 is 1.87 bits per heavy atom. The van der Waals surface area contributed by atoms with Crippen molar-refractivity contribution in [1.29, 1.82) is 5.26 Å². The van der Waals surface area contributed by atoms with Crippen molar-refractivity contribution in [2.75, 3.05) is 13.2 Å². The van der Waals surface area contributed by atoms with Gasteiger partial charge < -0.3 is 20.5 Å². The number of ether oxygens (including phenoxy) is 1. The van der Waals surface area contributed by atoms with Crippen LogP contribution in [0, 0.1) is 23.0 Å². The van der Waals surface area contributed by atoms with Crippen LogP contribution < -0.4 is 10.6 Å². The number of carbonyl (C=O) groups is 1. The number of halogens is 2. The number of nitriles is 1. The second-order valence-corrected chi connectivity index (χ2v) is 10.4. The molecule has 2 aromatic carbocycles. The number of carbonyl (C=O) groups excluding carboxylic acids is 1. The predicted molar refractivity (Wildman–Crippen MR) is 145 cm³/mol. The number of β-amino-alcohol motifs (C(OH)–C–C–N with tert-alkyl or cyclic N) is 1. The van der Waals surface area contributed by atoms with E-state index in [2.05, 4.69) is 41.0 Å². The van der Waals surface area contributed by atoms with Gasteiger partial charge in [-0.2, -0.15) is 5.26 Å². The molecule has 6 nitrogen and oxygen atoms in total. The Bertz CT molecular complexity index is 1180. The highest BCUT2D eigenvalue weighted by Gasteiger charge is 2.33. The quantitative estimate of drug-likeness (QED) is 0.364. The van der Waals surface area contributed by atoms with E-state index in [0.29, 0.717) is 37.9 Å². The molecule has 1 heterocycles. The molecule has 4 atom stereocenters. The molecule has 0 radical (unpaired) electrons. The molecule has 1 aliphatic carbocycles. The van der Waals surface area contributed by atoms with Crippen LogP contribution in [0.5, 0.6) is 0 Å². The van der Waals surface area contributed by atoms with Gasteiger partial charge in [-0.15, -0.1) is 0 Å². The summed E-state index contributed by atoms with van der Waals surface area (Å²) in [6, 6.07) is 11.0. The van der Waals surface area contributed by atoms with Crippen molar-refractivity contribution < 1.29 is 23.4 Å². The molecule has 208 valence electrons. The van der Waals surface area contributed by atoms with Crippen molar-refractivity contribution in [3.8, 4) is 6.07 Å². The Hall–Kier alpha value is -3.12. The summed E-state index contributed by atoms with van der Waals surface area (Å²) in [5.74, 6) is -1.58. The normalized spacial score (nSPS) is 24.4. The number of aliphatic hydroxyl groups is 1. The molecule has 1 amide bonds. The fraction of sp³-hybridized carbons (Fsp3) is 0.484. The number of benzene rings is 2. The zero-order valence-electron chi connectivity index (χ0n) is 22.2. The van der Waals surface area contributed by atoms with Crippen LogP contribution in [-0.4, -0.2) is 36.3 Å². The monoisotopic (exact) mass is 537 g/mol. The van der Waals surface area contributed by atoms with Gasteiger partial charge >= 0.3 is 0 Å². The number of fused-ring (bicyclic) bond motifs is 5. The summed E-state index contributed by atoms with van der Waals surface area (Å²) in [5, 5.41) is 26.4. The van der Waals surface area contributed by atoms with E-state index in [1.165, 1.54) is 12.1 Å². The largest absolute Gasteiger partial charge is 0.390 e. The second kappa shape index (κ2) is 14.3. The smallest absolute Gasteiger partial charge is 0.220 e. The molecule has 0 spiro atoms. The summed E-state index contributed by atoms with van der Waals surface area (Å²) in [6.45, 7) is 0.675. The van der Waals surface area contributed by atoms with E-state index in [1.54, 1.807) is 0 Å². The van der Waals surface area contributed by atoms with Crippen LogP contribution >= 0.6 is 0 Å². The number of amides is 1. The van der Waals surface area contributed by atoms with E-state index in [-0.39, 0.29) is 31.0 Å². The molecular weight excluding hydrogens is 500 g/mol. The average molecular weight is 538 g/mol. The lowest BCUT2D eigenvalue weighted by Crippen LogP contribution is -2.49. The Kier molecular flexibility index (Phi) is 10.6. The van der Waals surface area contributed by atoms with Crippen LogP contribution in [0.2, 0.25) is 0 Å². The topological polar surface area (TPSA) is 94.4 Å². The number of hydrogen-bond donors (Lipinski definition) is 3. The molecule has 0 fully saturated rings. The highest BCUT2D eigenvalue weighted by molar-refractivity contribution is 5.76. The maximum Gasteiger partial charge on any atom is 0.220 e. The Morgan fingerprint density at radius 3 is 2.67 bits per heavy atom. The van der Waals surface area contributed by atoms with Gasteiger partial charge in [0, 0.05) is 31.5 Å². The van der Waals surface area contributed by atoms with Crippen molar-refractivity contribution in [3.05, 3.63) is 82.4 Å². The van der Waals surface area contributed by atoms with E-state index in [0.717, 1.165) is 48.4 Å². The van der Waals surface area contributed by atoms with Gasteiger partial charge in [-0.25, -0.2) is 8.78 Å². The molecule has 2 aromatic rings. The van der Waals surface area contributed by atoms with Gasteiger partial charge in [-0.05, 0) is 79.3 Å². The van der Waals surface area contributed by atoms with Crippen molar-refractivity contribution >= 4 is 5.91 Å². The third-order valence-corrected chi connectivity index (χ3v) is 7.42. The van der Waals surface area contributed by atoms with Gasteiger partial charge in [0.05, 0.1) is 30.9 Å². The second-order valence-electron chi connectivity index (χ2n) is 10.4. The third kappa shape index (κ3) is 8.43. The molecule has 1 aliphatic heterocycles. The maximum atomic E-state index is 13.8. The number of nitrogens with one attached hydrogen (secondary N) is 2. The van der Waals surface area contributed by atoms with E-state index < -0.39 is 23.8 Å². The van der Waals surface area contributed by atoms with Crippen molar-refractivity contribution in [3.63, 3.8) is 0 Å². The first-order valence-corrected chi connectivity index (χ1v) is 13.8. The van der Waals surface area contributed by atoms with Crippen LogP contribution in [0.25, 0.3) is 0 Å². The Balaban J connectivity index is 1.54. The first-order chi connectivity index (χ1) is 18.9. The number of hydrogen-bond acceptors (Lipinski definition) is 5. The number of rotatable bonds is 5. The Labute approximate surface area is 229 Å². The van der Waals surface area contributed by atoms with Crippen LogP contribution in [0.15, 0.2) is 48.6 Å². The Morgan fingerprint density at radius 1 is 1.05 bits per heavy atom. The minimum atomic E-state index is -0.986. The van der Waals surface area contributed by atoms with Crippen LogP contribution in [0.3, 0.4) is 0 Å². The minimum Gasteiger partial charge on any atom is -0.390 e. The van der Waals surface area contributed by atoms with Gasteiger partial charge in [-0.3, -0.25) is 4.79 Å². The van der Waals surface area contributed by atoms with Crippen molar-refractivity contribution in [2.45, 2.75) is 82.1 Å². The van der Waals surface area contributed by atoms with Crippen molar-refractivity contribution in [1.82, 2.24) is 10.6 Å². The summed E-state index contributed by atoms with van der Waals surface area (Å²) < 4.78 is 33.9. The van der Waals surface area contributed by atoms with E-state index in [9.17, 15) is 18.7 Å². The van der Waals surface area contributed by atoms with Gasteiger partial charge in [0.1, 0.15) is 11.6 Å². The van der Waals surface area contributed by atoms with E-state index in [1.807, 2.05) is 6.08 Å². The lowest BCUT2D eigenvalue weighted by molar-refractivity contribution is -0.122. The lowest BCUT2D eigenvalue weighted by Gasteiger charge is -2.26. The van der Waals surface area contributed by atoms with Gasteiger partial charge in [0.2, 0.25) is 5.91 Å². The van der Waals surface area contributed by atoms with Gasteiger partial charge in [0.15, 0.2) is 0 Å². The van der Waals surface area contributed by atoms with Gasteiger partial charge in [0.25, 0.3) is 0 Å². The summed E-state index contributed by atoms with van der Waals surface area (Å²) in [5.41, 5.74) is 3.74. The number of allylic oxidation sites excluding steroid dienone is 1. The number of unbranched alkanes of at least 4 members (excludes halogenated alkanes) is 1. The zero-order valence-corrected chi connectivity index (χ0v) is 22.2. The van der Waals surface area contributed by atoms with Crippen LogP contribution in [0.1, 0.15) is 79.3 Å². The van der Waals surface area contributed by atoms with Crippen LogP contribution in [-0.2, 0) is 22.4 Å². The fourth-order valence-electron chi connectivity index (χ4n) is 5.42. The first-order valence-electron chi connectivity index (χ1n) is 13.8. The average Bonchev–Trinajstić information content (AvgIpc) is 3.24. The molecule has 2 aliphatic rings. The summed E-state index contributed by atoms with van der Waals surface area (Å²) in [6.07, 6.45) is 8.61. The molecular formula is C31H37F2N3O3. The summed E-state index contributed by atoms with van der Waals surface area (Å²) >= 11 is 0. The highest BCUT2D eigenvalue weighted by Crippen LogP contribution is 2.41. The highest BCUT2D eigenvalue weighted by atomic mass is 19.1. The fourth-order valence-corrected chi connectivity index (χ4v) is 5.42. The molecule has 0 aromatic heterocycles. The lowest BCUT2D eigenvalue weighted by atomic mass is 9.99. The van der Waals surface area contributed by atoms with Crippen molar-refractivity contribution in [2.24, 2.45) is 0 Å². The molecule has 3 N–H and O–H groups in total. The first kappa shape index (κ1) is 28.9. The summed E-state index contributed by atoms with van der Waals surface area (Å²) in [7, 11) is 0. The van der Waals surface area contributed by atoms with E-state index in [4.69, 9.17) is 10.00 Å². The molecule has 39 heavy (non-hydrogen) atoms. The third-order valence-electron chi connectivity index (χ3n) is 7.42. The number of nitrogens with zero attached hydrogens (tertiary/aromatic N) is 1. The molecule has 0 saturated carbocycles. The minimum absolute atomic E-state index is 0.0711. The number of aliphatic hydroxyl groups excluding tert-OH is 1. The molecule has 2 bridgehead atoms. The molecule has 0 unspecified atom stereocenters. The van der Waals surface area contributed by atoms with Crippen LogP contribution in [0.4, 0.5) is 8.78 Å². The predicted octanol–water partition coefficient (Wildman–Crippen LogP) is 5.12. The molecule has 8 heteroatoms. The van der Waals surface area contributed by atoms with Gasteiger partial charge in [-0.1, -0.05) is 30.4 Å². The maximum absolute atomic E-state index is 13.8. The molecule has 4 rings (SSSR count). The van der Waals surface area contributed by atoms with E-state index >= 15 is 0 Å². The summed E-state index contributed by atoms with van der Waals surface area (Å²) in [4.78, 5) is 12.7.